The zero-order valence-electron chi connectivity index (χ0n) is 11.7. The van der Waals surface area contributed by atoms with Crippen molar-refractivity contribution in [3.8, 4) is 0 Å². The van der Waals surface area contributed by atoms with E-state index in [0.717, 1.165) is 6.07 Å². The fourth-order valence-electron chi connectivity index (χ4n) is 1.41. The van der Waals surface area contributed by atoms with Gasteiger partial charge < -0.3 is 21.1 Å². The first kappa shape index (κ1) is 16.0. The molecule has 0 aromatic heterocycles. The highest BCUT2D eigenvalue weighted by molar-refractivity contribution is 5.68. The lowest BCUT2D eigenvalue weighted by Crippen LogP contribution is -2.35. The van der Waals surface area contributed by atoms with E-state index in [0.29, 0.717) is 0 Å². The van der Waals surface area contributed by atoms with Gasteiger partial charge in [-0.15, -0.1) is 0 Å². The summed E-state index contributed by atoms with van der Waals surface area (Å²) in [4.78, 5) is 11.3. The number of carbonyl (C=O) groups excluding carboxylic acids is 1. The first-order valence-corrected chi connectivity index (χ1v) is 6.15. The monoisotopic (exact) mass is 287 g/mol. The first-order valence-electron chi connectivity index (χ1n) is 6.15. The summed E-state index contributed by atoms with van der Waals surface area (Å²) in [5, 5.41) is 5.11. The lowest BCUT2D eigenvalue weighted by atomic mass is 10.2. The second-order valence-electron chi connectivity index (χ2n) is 5.18. The third-order valence-electron chi connectivity index (χ3n) is 2.22. The van der Waals surface area contributed by atoms with Gasteiger partial charge in [0.05, 0.1) is 11.4 Å². The number of hydrogen-bond acceptors (Lipinski definition) is 4. The molecule has 0 saturated heterocycles. The van der Waals surface area contributed by atoms with E-state index in [9.17, 15) is 13.6 Å². The SMILES string of the molecule is CC(C)(C)OC(=O)NCCNc1c(N)ccc(F)c1F. The maximum atomic E-state index is 13.4. The molecular formula is C13H19F2N3O2. The molecule has 0 unspecified atom stereocenters. The summed E-state index contributed by atoms with van der Waals surface area (Å²) in [5.74, 6) is -2.02. The predicted octanol–water partition coefficient (Wildman–Crippen LogP) is 2.48. The van der Waals surface area contributed by atoms with Crippen molar-refractivity contribution < 1.29 is 18.3 Å². The van der Waals surface area contributed by atoms with Gasteiger partial charge >= 0.3 is 6.09 Å². The number of amides is 1. The Bertz CT molecular complexity index is 487. The zero-order valence-corrected chi connectivity index (χ0v) is 11.7. The highest BCUT2D eigenvalue weighted by Gasteiger charge is 2.15. The van der Waals surface area contributed by atoms with Crippen LogP contribution in [0.1, 0.15) is 20.8 Å². The Morgan fingerprint density at radius 2 is 1.95 bits per heavy atom. The van der Waals surface area contributed by atoms with Gasteiger partial charge in [-0.3, -0.25) is 0 Å². The molecule has 1 aromatic rings. The Morgan fingerprint density at radius 3 is 2.55 bits per heavy atom. The van der Waals surface area contributed by atoms with E-state index in [1.807, 2.05) is 0 Å². The van der Waals surface area contributed by atoms with Crippen molar-refractivity contribution in [1.29, 1.82) is 0 Å². The quantitative estimate of drug-likeness (QED) is 0.587. The number of carbonyl (C=O) groups is 1. The van der Waals surface area contributed by atoms with Gasteiger partial charge in [-0.2, -0.15) is 0 Å². The van der Waals surface area contributed by atoms with Crippen LogP contribution < -0.4 is 16.4 Å². The highest BCUT2D eigenvalue weighted by atomic mass is 19.2. The molecule has 0 fully saturated rings. The van der Waals surface area contributed by atoms with Crippen molar-refractivity contribution in [3.05, 3.63) is 23.8 Å². The van der Waals surface area contributed by atoms with Crippen LogP contribution in [0.4, 0.5) is 25.0 Å². The number of nitrogen functional groups attached to an aromatic ring is 1. The second kappa shape index (κ2) is 6.40. The van der Waals surface area contributed by atoms with E-state index in [4.69, 9.17) is 10.5 Å². The summed E-state index contributed by atoms with van der Waals surface area (Å²) in [6, 6.07) is 2.22. The normalized spacial score (nSPS) is 11.1. The first-order chi connectivity index (χ1) is 9.20. The van der Waals surface area contributed by atoms with Gasteiger partial charge in [0.1, 0.15) is 5.60 Å². The standard InChI is InChI=1S/C13H19F2N3O2/c1-13(2,3)20-12(19)18-7-6-17-11-9(16)5-4-8(14)10(11)15/h4-5,17H,6-7,16H2,1-3H3,(H,18,19). The average Bonchev–Trinajstić information content (AvgIpc) is 2.31. The molecule has 0 atom stereocenters. The molecule has 0 bridgehead atoms. The molecule has 1 aromatic carbocycles. The van der Waals surface area contributed by atoms with Crippen LogP contribution in [0, 0.1) is 11.6 Å². The molecule has 0 aliphatic carbocycles. The fourth-order valence-corrected chi connectivity index (χ4v) is 1.41. The molecule has 1 rings (SSSR count). The minimum absolute atomic E-state index is 0.0983. The van der Waals surface area contributed by atoms with Crippen LogP contribution in [0.15, 0.2) is 12.1 Å². The number of nitrogens with one attached hydrogen (secondary N) is 2. The minimum atomic E-state index is -1.04. The summed E-state index contributed by atoms with van der Waals surface area (Å²) in [6.45, 7) is 5.60. The molecule has 0 saturated carbocycles. The number of anilines is 2. The molecular weight excluding hydrogens is 268 g/mol. The number of rotatable bonds is 4. The summed E-state index contributed by atoms with van der Waals surface area (Å²) >= 11 is 0. The van der Waals surface area contributed by atoms with Crippen LogP contribution in [0.5, 0.6) is 0 Å². The molecule has 112 valence electrons. The van der Waals surface area contributed by atoms with Gasteiger partial charge in [0, 0.05) is 13.1 Å². The van der Waals surface area contributed by atoms with Gasteiger partial charge in [-0.1, -0.05) is 0 Å². The Morgan fingerprint density at radius 1 is 1.30 bits per heavy atom. The summed E-state index contributed by atoms with van der Waals surface area (Å²) in [7, 11) is 0. The highest BCUT2D eigenvalue weighted by Crippen LogP contribution is 2.24. The lowest BCUT2D eigenvalue weighted by Gasteiger charge is -2.19. The van der Waals surface area contributed by atoms with Crippen molar-refractivity contribution >= 4 is 17.5 Å². The van der Waals surface area contributed by atoms with Crippen LogP contribution >= 0.6 is 0 Å². The van der Waals surface area contributed by atoms with E-state index in [-0.39, 0.29) is 24.5 Å². The van der Waals surface area contributed by atoms with Gasteiger partial charge in [0.25, 0.3) is 0 Å². The topological polar surface area (TPSA) is 76.4 Å². The third kappa shape index (κ3) is 4.91. The van der Waals surface area contributed by atoms with Crippen molar-refractivity contribution in [3.63, 3.8) is 0 Å². The van der Waals surface area contributed by atoms with Crippen LogP contribution in [0.2, 0.25) is 0 Å². The van der Waals surface area contributed by atoms with E-state index < -0.39 is 23.3 Å². The summed E-state index contributed by atoms with van der Waals surface area (Å²) < 4.78 is 31.5. The van der Waals surface area contributed by atoms with Crippen LogP contribution in [0.3, 0.4) is 0 Å². The summed E-state index contributed by atoms with van der Waals surface area (Å²) in [6.07, 6.45) is -0.577. The molecule has 0 spiro atoms. The number of halogens is 2. The molecule has 20 heavy (non-hydrogen) atoms. The van der Waals surface area contributed by atoms with E-state index in [1.165, 1.54) is 6.07 Å². The molecule has 0 radical (unpaired) electrons. The van der Waals surface area contributed by atoms with E-state index in [1.54, 1.807) is 20.8 Å². The Hall–Kier alpha value is -2.05. The van der Waals surface area contributed by atoms with Crippen molar-refractivity contribution in [2.24, 2.45) is 0 Å². The van der Waals surface area contributed by atoms with Gasteiger partial charge in [0.15, 0.2) is 11.6 Å². The number of benzene rings is 1. The average molecular weight is 287 g/mol. The smallest absolute Gasteiger partial charge is 0.407 e. The predicted molar refractivity (Wildman–Crippen MR) is 73.5 cm³/mol. The molecule has 0 heterocycles. The van der Waals surface area contributed by atoms with Gasteiger partial charge in [-0.05, 0) is 32.9 Å². The molecule has 1 amide bonds. The largest absolute Gasteiger partial charge is 0.444 e. The van der Waals surface area contributed by atoms with Crippen LogP contribution in [0.25, 0.3) is 0 Å². The van der Waals surface area contributed by atoms with Gasteiger partial charge in [0.2, 0.25) is 0 Å². The van der Waals surface area contributed by atoms with Crippen molar-refractivity contribution in [1.82, 2.24) is 5.32 Å². The Kier molecular flexibility index (Phi) is 5.12. The second-order valence-corrected chi connectivity index (χ2v) is 5.18. The maximum absolute atomic E-state index is 13.4. The minimum Gasteiger partial charge on any atom is -0.444 e. The molecule has 5 nitrogen and oxygen atoms in total. The molecule has 0 aliphatic heterocycles. The Labute approximate surface area is 116 Å². The molecule has 4 N–H and O–H groups in total. The number of alkyl carbamates (subject to hydrolysis) is 1. The fraction of sp³-hybridized carbons (Fsp3) is 0.462. The summed E-state index contributed by atoms with van der Waals surface area (Å²) in [5.41, 5.74) is 4.93. The Balaban J connectivity index is 2.43. The van der Waals surface area contributed by atoms with Crippen LogP contribution in [-0.2, 0) is 4.74 Å². The maximum Gasteiger partial charge on any atom is 0.407 e. The number of hydrogen-bond donors (Lipinski definition) is 3. The van der Waals surface area contributed by atoms with Crippen LogP contribution in [-0.4, -0.2) is 24.8 Å². The van der Waals surface area contributed by atoms with Crippen molar-refractivity contribution in [2.75, 3.05) is 24.1 Å². The van der Waals surface area contributed by atoms with E-state index >= 15 is 0 Å². The third-order valence-corrected chi connectivity index (χ3v) is 2.22. The van der Waals surface area contributed by atoms with E-state index in [2.05, 4.69) is 10.6 Å². The van der Waals surface area contributed by atoms with Crippen molar-refractivity contribution in [2.45, 2.75) is 26.4 Å². The molecule has 7 heteroatoms. The zero-order chi connectivity index (χ0) is 15.3. The molecule has 0 aliphatic rings. The number of nitrogens with two attached hydrogens (primary N) is 1. The lowest BCUT2D eigenvalue weighted by molar-refractivity contribution is 0.0530. The van der Waals surface area contributed by atoms with Gasteiger partial charge in [-0.25, -0.2) is 13.6 Å². The number of ether oxygens (including phenoxy) is 1.